The van der Waals surface area contributed by atoms with Crippen LogP contribution in [0.4, 0.5) is 0 Å². The van der Waals surface area contributed by atoms with E-state index in [1.165, 1.54) is 0 Å². The predicted octanol–water partition coefficient (Wildman–Crippen LogP) is 2.69. The van der Waals surface area contributed by atoms with Gasteiger partial charge in [-0.1, -0.05) is 28.1 Å². The van der Waals surface area contributed by atoms with Crippen molar-refractivity contribution in [1.82, 2.24) is 0 Å². The number of esters is 1. The number of hydrogen-bond acceptors (Lipinski definition) is 3. The number of ketones is 1. The molecule has 0 aliphatic rings. The van der Waals surface area contributed by atoms with Gasteiger partial charge in [-0.2, -0.15) is 0 Å². The number of ether oxygens (including phenoxy) is 1. The summed E-state index contributed by atoms with van der Waals surface area (Å²) in [5, 5.41) is 0. The number of halogens is 1. The molecule has 0 heterocycles. The monoisotopic (exact) mass is 298 g/mol. The van der Waals surface area contributed by atoms with E-state index in [1.54, 1.807) is 13.8 Å². The van der Waals surface area contributed by atoms with Crippen LogP contribution >= 0.6 is 15.9 Å². The molecule has 92 valence electrons. The molecule has 0 saturated carbocycles. The zero-order chi connectivity index (χ0) is 12.8. The lowest BCUT2D eigenvalue weighted by atomic mass is 10.0. The Bertz CT molecular complexity index is 427. The molecule has 0 spiro atoms. The zero-order valence-electron chi connectivity index (χ0n) is 9.96. The molecule has 0 bridgehead atoms. The first kappa shape index (κ1) is 13.9. The van der Waals surface area contributed by atoms with Crippen LogP contribution < -0.4 is 0 Å². The Kier molecular flexibility index (Phi) is 5.35. The molecule has 17 heavy (non-hydrogen) atoms. The van der Waals surface area contributed by atoms with Crippen molar-refractivity contribution in [3.8, 4) is 0 Å². The van der Waals surface area contributed by atoms with Gasteiger partial charge in [-0.25, -0.2) is 0 Å². The Morgan fingerprint density at radius 3 is 2.59 bits per heavy atom. The van der Waals surface area contributed by atoms with E-state index < -0.39 is 0 Å². The minimum absolute atomic E-state index is 0.0963. The van der Waals surface area contributed by atoms with Crippen molar-refractivity contribution in [1.29, 1.82) is 0 Å². The van der Waals surface area contributed by atoms with E-state index in [1.807, 2.05) is 18.2 Å². The molecule has 0 fully saturated rings. The Morgan fingerprint density at radius 2 is 2.00 bits per heavy atom. The summed E-state index contributed by atoms with van der Waals surface area (Å²) in [4.78, 5) is 22.4. The summed E-state index contributed by atoms with van der Waals surface area (Å²) >= 11 is 3.39. The van der Waals surface area contributed by atoms with Crippen molar-refractivity contribution in [3.05, 3.63) is 33.8 Å². The summed E-state index contributed by atoms with van der Waals surface area (Å²) in [6.45, 7) is 3.71. The number of hydrogen-bond donors (Lipinski definition) is 0. The van der Waals surface area contributed by atoms with Crippen LogP contribution in [0.2, 0.25) is 0 Å². The van der Waals surface area contributed by atoms with Crippen LogP contribution in [0.5, 0.6) is 0 Å². The summed E-state index contributed by atoms with van der Waals surface area (Å²) in [6, 6.07) is 5.57. The first-order valence-corrected chi connectivity index (χ1v) is 6.24. The van der Waals surface area contributed by atoms with Gasteiger partial charge < -0.3 is 4.74 Å². The number of carbonyl (C=O) groups is 2. The van der Waals surface area contributed by atoms with E-state index in [4.69, 9.17) is 4.74 Å². The molecule has 0 saturated heterocycles. The molecule has 1 aromatic rings. The zero-order valence-corrected chi connectivity index (χ0v) is 11.5. The Hall–Kier alpha value is -1.16. The Balaban J connectivity index is 2.81. The van der Waals surface area contributed by atoms with Crippen LogP contribution in [-0.4, -0.2) is 18.4 Å². The summed E-state index contributed by atoms with van der Waals surface area (Å²) in [5.74, 6) is -0.150. The van der Waals surface area contributed by atoms with Gasteiger partial charge in [-0.15, -0.1) is 0 Å². The first-order chi connectivity index (χ1) is 8.02. The second-order valence-electron chi connectivity index (χ2n) is 3.79. The van der Waals surface area contributed by atoms with Gasteiger partial charge in [0.1, 0.15) is 5.78 Å². The minimum Gasteiger partial charge on any atom is -0.466 e. The second-order valence-corrected chi connectivity index (χ2v) is 4.64. The molecule has 0 amide bonds. The van der Waals surface area contributed by atoms with Gasteiger partial charge in [0.25, 0.3) is 0 Å². The van der Waals surface area contributed by atoms with Crippen molar-refractivity contribution in [2.75, 3.05) is 6.61 Å². The summed E-state index contributed by atoms with van der Waals surface area (Å²) in [6.07, 6.45) is 0.614. The lowest BCUT2D eigenvalue weighted by Gasteiger charge is -2.06. The Morgan fingerprint density at radius 1 is 1.29 bits per heavy atom. The van der Waals surface area contributed by atoms with E-state index in [2.05, 4.69) is 15.9 Å². The maximum Gasteiger partial charge on any atom is 0.310 e. The molecule has 0 N–H and O–H groups in total. The maximum absolute atomic E-state index is 11.3. The molecule has 0 radical (unpaired) electrons. The van der Waals surface area contributed by atoms with Crippen LogP contribution in [0.3, 0.4) is 0 Å². The van der Waals surface area contributed by atoms with Crippen molar-refractivity contribution in [2.24, 2.45) is 0 Å². The molecular formula is C13H15BrO3. The van der Waals surface area contributed by atoms with E-state index in [0.717, 1.165) is 15.6 Å². The maximum atomic E-state index is 11.3. The average Bonchev–Trinajstić information content (AvgIpc) is 2.22. The number of rotatable bonds is 5. The fourth-order valence-corrected chi connectivity index (χ4v) is 1.91. The van der Waals surface area contributed by atoms with Crippen LogP contribution in [-0.2, 0) is 27.2 Å². The van der Waals surface area contributed by atoms with Gasteiger partial charge in [0.2, 0.25) is 0 Å². The fourth-order valence-electron chi connectivity index (χ4n) is 1.52. The van der Waals surface area contributed by atoms with Crippen LogP contribution in [0.1, 0.15) is 25.0 Å². The SMILES string of the molecule is CCOC(=O)Cc1ccc(Br)c(CC(C)=O)c1. The van der Waals surface area contributed by atoms with Gasteiger partial charge in [0.05, 0.1) is 13.0 Å². The predicted molar refractivity (Wildman–Crippen MR) is 68.9 cm³/mol. The molecule has 4 heteroatoms. The van der Waals surface area contributed by atoms with Crippen LogP contribution in [0.15, 0.2) is 22.7 Å². The summed E-state index contributed by atoms with van der Waals surface area (Å²) < 4.78 is 5.77. The van der Waals surface area contributed by atoms with Gasteiger partial charge in [-0.05, 0) is 31.0 Å². The molecule has 3 nitrogen and oxygen atoms in total. The highest BCUT2D eigenvalue weighted by atomic mass is 79.9. The first-order valence-electron chi connectivity index (χ1n) is 5.45. The number of carbonyl (C=O) groups excluding carboxylic acids is 2. The lowest BCUT2D eigenvalue weighted by Crippen LogP contribution is -2.08. The van der Waals surface area contributed by atoms with Crippen LogP contribution in [0, 0.1) is 0 Å². The third-order valence-electron chi connectivity index (χ3n) is 2.20. The van der Waals surface area contributed by atoms with Crippen molar-refractivity contribution >= 4 is 27.7 Å². The normalized spacial score (nSPS) is 10.1. The molecule has 1 rings (SSSR count). The Labute approximate surface area is 109 Å². The number of benzene rings is 1. The van der Waals surface area contributed by atoms with Crippen molar-refractivity contribution in [3.63, 3.8) is 0 Å². The van der Waals surface area contributed by atoms with Gasteiger partial charge in [0, 0.05) is 10.9 Å². The van der Waals surface area contributed by atoms with Crippen LogP contribution in [0.25, 0.3) is 0 Å². The molecule has 0 aromatic heterocycles. The third kappa shape index (κ3) is 4.69. The van der Waals surface area contributed by atoms with Gasteiger partial charge in [-0.3, -0.25) is 9.59 Å². The molecule has 0 aliphatic carbocycles. The van der Waals surface area contributed by atoms with Crippen molar-refractivity contribution < 1.29 is 14.3 Å². The second kappa shape index (κ2) is 6.55. The standard InChI is InChI=1S/C13H15BrO3/c1-3-17-13(16)8-10-4-5-12(14)11(7-10)6-9(2)15/h4-5,7H,3,6,8H2,1-2H3. The highest BCUT2D eigenvalue weighted by Gasteiger charge is 2.08. The summed E-state index contributed by atoms with van der Waals surface area (Å²) in [7, 11) is 0. The highest BCUT2D eigenvalue weighted by Crippen LogP contribution is 2.19. The van der Waals surface area contributed by atoms with Crippen molar-refractivity contribution in [2.45, 2.75) is 26.7 Å². The molecule has 0 atom stereocenters. The quantitative estimate of drug-likeness (QED) is 0.785. The molecule has 0 aliphatic heterocycles. The van der Waals surface area contributed by atoms with Gasteiger partial charge >= 0.3 is 5.97 Å². The topological polar surface area (TPSA) is 43.4 Å². The molecular weight excluding hydrogens is 284 g/mol. The fraction of sp³-hybridized carbons (Fsp3) is 0.385. The molecule has 1 aromatic carbocycles. The largest absolute Gasteiger partial charge is 0.466 e. The lowest BCUT2D eigenvalue weighted by molar-refractivity contribution is -0.142. The smallest absolute Gasteiger partial charge is 0.310 e. The van der Waals surface area contributed by atoms with E-state index in [9.17, 15) is 9.59 Å². The summed E-state index contributed by atoms with van der Waals surface area (Å²) in [5.41, 5.74) is 1.77. The average molecular weight is 299 g/mol. The van der Waals surface area contributed by atoms with E-state index in [-0.39, 0.29) is 18.2 Å². The third-order valence-corrected chi connectivity index (χ3v) is 2.98. The molecule has 0 unspecified atom stereocenters. The van der Waals surface area contributed by atoms with Gasteiger partial charge in [0.15, 0.2) is 0 Å². The minimum atomic E-state index is -0.247. The van der Waals surface area contributed by atoms with E-state index in [0.29, 0.717) is 13.0 Å². The van der Waals surface area contributed by atoms with E-state index >= 15 is 0 Å². The number of Topliss-reactive ketones (excluding diaryl/α,β-unsaturated/α-hetero) is 1. The highest BCUT2D eigenvalue weighted by molar-refractivity contribution is 9.10.